The number of carbonyl (C=O) groups excluding carboxylic acids is 2. The highest BCUT2D eigenvalue weighted by Gasteiger charge is 2.14. The van der Waals surface area contributed by atoms with Crippen LogP contribution >= 0.6 is 0 Å². The minimum absolute atomic E-state index is 0.00708. The molecule has 1 rings (SSSR count). The van der Waals surface area contributed by atoms with Crippen LogP contribution in [0, 0.1) is 11.8 Å². The fourth-order valence-electron chi connectivity index (χ4n) is 2.15. The molecule has 23 heavy (non-hydrogen) atoms. The van der Waals surface area contributed by atoms with Crippen LogP contribution in [0.1, 0.15) is 46.1 Å². The average molecular weight is 319 g/mol. The molecular formula is C18H29N3O2. The summed E-state index contributed by atoms with van der Waals surface area (Å²) in [7, 11) is 0. The molecule has 0 saturated carbocycles. The molecule has 0 bridgehead atoms. The average Bonchev–Trinajstić information content (AvgIpc) is 2.51. The highest BCUT2D eigenvalue weighted by atomic mass is 16.2. The van der Waals surface area contributed by atoms with E-state index in [-0.39, 0.29) is 17.7 Å². The first-order chi connectivity index (χ1) is 10.8. The number of nitrogens with one attached hydrogen (secondary N) is 2. The summed E-state index contributed by atoms with van der Waals surface area (Å²) in [5.41, 5.74) is 7.53. The van der Waals surface area contributed by atoms with Gasteiger partial charge in [0, 0.05) is 18.2 Å². The van der Waals surface area contributed by atoms with Crippen LogP contribution in [0.4, 0.5) is 5.69 Å². The van der Waals surface area contributed by atoms with E-state index in [0.29, 0.717) is 18.9 Å². The van der Waals surface area contributed by atoms with Crippen molar-refractivity contribution in [1.82, 2.24) is 5.32 Å². The monoisotopic (exact) mass is 319 g/mol. The second-order valence-corrected chi connectivity index (χ2v) is 6.45. The van der Waals surface area contributed by atoms with Crippen molar-refractivity contribution in [3.63, 3.8) is 0 Å². The number of hydrogen-bond acceptors (Lipinski definition) is 3. The summed E-state index contributed by atoms with van der Waals surface area (Å²) in [4.78, 5) is 23.9. The largest absolute Gasteiger partial charge is 0.351 e. The Morgan fingerprint density at radius 3 is 2.48 bits per heavy atom. The highest BCUT2D eigenvalue weighted by molar-refractivity contribution is 5.92. The van der Waals surface area contributed by atoms with Crippen molar-refractivity contribution in [2.75, 3.05) is 5.32 Å². The maximum atomic E-state index is 11.9. The van der Waals surface area contributed by atoms with E-state index < -0.39 is 6.04 Å². The number of rotatable bonds is 8. The van der Waals surface area contributed by atoms with Crippen LogP contribution in [-0.4, -0.2) is 17.9 Å². The van der Waals surface area contributed by atoms with Gasteiger partial charge in [-0.1, -0.05) is 39.8 Å². The van der Waals surface area contributed by atoms with Crippen molar-refractivity contribution >= 4 is 17.5 Å². The van der Waals surface area contributed by atoms with Gasteiger partial charge in [-0.25, -0.2) is 0 Å². The first-order valence-electron chi connectivity index (χ1n) is 8.26. The Labute approximate surface area is 139 Å². The minimum Gasteiger partial charge on any atom is -0.351 e. The van der Waals surface area contributed by atoms with E-state index in [1.807, 2.05) is 52.0 Å². The highest BCUT2D eigenvalue weighted by Crippen LogP contribution is 2.13. The summed E-state index contributed by atoms with van der Waals surface area (Å²) in [5, 5.41) is 5.74. The second-order valence-electron chi connectivity index (χ2n) is 6.45. The molecule has 0 aliphatic heterocycles. The van der Waals surface area contributed by atoms with Crippen LogP contribution in [0.3, 0.4) is 0 Å². The molecule has 2 atom stereocenters. The number of anilines is 1. The SMILES string of the molecule is CCC(C)C(=O)Nc1cccc(CNC(=O)[C@@H](N)CC(C)C)c1. The molecule has 2 amide bonds. The molecule has 0 radical (unpaired) electrons. The van der Waals surface area contributed by atoms with Crippen molar-refractivity contribution in [1.29, 1.82) is 0 Å². The zero-order chi connectivity index (χ0) is 17.4. The number of nitrogens with two attached hydrogens (primary N) is 1. The van der Waals surface area contributed by atoms with Crippen molar-refractivity contribution < 1.29 is 9.59 Å². The van der Waals surface area contributed by atoms with Crippen LogP contribution in [0.5, 0.6) is 0 Å². The van der Waals surface area contributed by atoms with Gasteiger partial charge < -0.3 is 16.4 Å². The molecule has 4 N–H and O–H groups in total. The van der Waals surface area contributed by atoms with Gasteiger partial charge in [-0.05, 0) is 36.5 Å². The third-order valence-electron chi connectivity index (χ3n) is 3.78. The molecule has 0 saturated heterocycles. The topological polar surface area (TPSA) is 84.2 Å². The summed E-state index contributed by atoms with van der Waals surface area (Å²) in [6.45, 7) is 8.36. The Morgan fingerprint density at radius 1 is 1.17 bits per heavy atom. The molecule has 0 heterocycles. The van der Waals surface area contributed by atoms with Gasteiger partial charge in [0.15, 0.2) is 0 Å². The fourth-order valence-corrected chi connectivity index (χ4v) is 2.15. The lowest BCUT2D eigenvalue weighted by molar-refractivity contribution is -0.123. The number of carbonyl (C=O) groups is 2. The number of amides is 2. The maximum absolute atomic E-state index is 11.9. The van der Waals surface area contributed by atoms with Crippen LogP contribution in [0.2, 0.25) is 0 Å². The second kappa shape index (κ2) is 9.30. The van der Waals surface area contributed by atoms with Crippen LogP contribution in [0.15, 0.2) is 24.3 Å². The molecule has 0 aromatic heterocycles. The van der Waals surface area contributed by atoms with Gasteiger partial charge in [0.1, 0.15) is 0 Å². The van der Waals surface area contributed by atoms with Crippen LogP contribution in [0.25, 0.3) is 0 Å². The third-order valence-corrected chi connectivity index (χ3v) is 3.78. The van der Waals surface area contributed by atoms with Crippen LogP contribution in [-0.2, 0) is 16.1 Å². The van der Waals surface area contributed by atoms with E-state index >= 15 is 0 Å². The molecule has 5 heteroatoms. The molecule has 0 aliphatic rings. The normalized spacial score (nSPS) is 13.5. The summed E-state index contributed by atoms with van der Waals surface area (Å²) in [6.07, 6.45) is 1.46. The molecule has 1 unspecified atom stereocenters. The van der Waals surface area contributed by atoms with Crippen LogP contribution < -0.4 is 16.4 Å². The smallest absolute Gasteiger partial charge is 0.237 e. The van der Waals surface area contributed by atoms with Gasteiger partial charge in [-0.15, -0.1) is 0 Å². The summed E-state index contributed by atoms with van der Waals surface area (Å²) < 4.78 is 0. The van der Waals surface area contributed by atoms with Crippen molar-refractivity contribution in [3.05, 3.63) is 29.8 Å². The lowest BCUT2D eigenvalue weighted by atomic mass is 10.0. The Morgan fingerprint density at radius 2 is 1.87 bits per heavy atom. The molecule has 1 aromatic carbocycles. The fraction of sp³-hybridized carbons (Fsp3) is 0.556. The standard InChI is InChI=1S/C18H29N3O2/c1-5-13(4)17(22)21-15-8-6-7-14(10-15)11-20-18(23)16(19)9-12(2)3/h6-8,10,12-13,16H,5,9,11,19H2,1-4H3,(H,20,23)(H,21,22)/t13?,16-/m0/s1. The zero-order valence-corrected chi connectivity index (χ0v) is 14.6. The van der Waals surface area contributed by atoms with Crippen molar-refractivity contribution in [2.24, 2.45) is 17.6 Å². The lowest BCUT2D eigenvalue weighted by Gasteiger charge is -2.15. The summed E-state index contributed by atoms with van der Waals surface area (Å²) >= 11 is 0. The molecule has 0 spiro atoms. The van der Waals surface area contributed by atoms with E-state index in [9.17, 15) is 9.59 Å². The van der Waals surface area contributed by atoms with E-state index in [4.69, 9.17) is 5.73 Å². The first-order valence-corrected chi connectivity index (χ1v) is 8.26. The Hall–Kier alpha value is -1.88. The predicted octanol–water partition coefficient (Wildman–Crippen LogP) is 2.66. The number of hydrogen-bond donors (Lipinski definition) is 3. The van der Waals surface area contributed by atoms with E-state index in [1.165, 1.54) is 0 Å². The molecule has 5 nitrogen and oxygen atoms in total. The molecular weight excluding hydrogens is 290 g/mol. The zero-order valence-electron chi connectivity index (χ0n) is 14.6. The number of benzene rings is 1. The molecule has 1 aromatic rings. The Kier molecular flexibility index (Phi) is 7.75. The van der Waals surface area contributed by atoms with Gasteiger partial charge in [-0.2, -0.15) is 0 Å². The summed E-state index contributed by atoms with van der Waals surface area (Å²) in [5.74, 6) is 0.225. The van der Waals surface area contributed by atoms with E-state index in [2.05, 4.69) is 10.6 Å². The molecule has 0 aliphatic carbocycles. The van der Waals surface area contributed by atoms with Crippen molar-refractivity contribution in [3.8, 4) is 0 Å². The summed E-state index contributed by atoms with van der Waals surface area (Å²) in [6, 6.07) is 7.00. The maximum Gasteiger partial charge on any atom is 0.237 e. The quantitative estimate of drug-likeness (QED) is 0.688. The molecule has 0 fully saturated rings. The van der Waals surface area contributed by atoms with E-state index in [0.717, 1.165) is 17.7 Å². The van der Waals surface area contributed by atoms with Gasteiger partial charge >= 0.3 is 0 Å². The third kappa shape index (κ3) is 6.82. The minimum atomic E-state index is -0.483. The van der Waals surface area contributed by atoms with Gasteiger partial charge in [-0.3, -0.25) is 9.59 Å². The van der Waals surface area contributed by atoms with Gasteiger partial charge in [0.05, 0.1) is 6.04 Å². The van der Waals surface area contributed by atoms with Gasteiger partial charge in [0.25, 0.3) is 0 Å². The first kappa shape index (κ1) is 19.2. The van der Waals surface area contributed by atoms with Gasteiger partial charge in [0.2, 0.25) is 11.8 Å². The van der Waals surface area contributed by atoms with Crippen molar-refractivity contribution in [2.45, 2.75) is 53.1 Å². The Balaban J connectivity index is 2.57. The lowest BCUT2D eigenvalue weighted by Crippen LogP contribution is -2.41. The molecule has 128 valence electrons. The van der Waals surface area contributed by atoms with E-state index in [1.54, 1.807) is 0 Å². The Bertz CT molecular complexity index is 529. The predicted molar refractivity (Wildman–Crippen MR) is 93.8 cm³/mol.